The number of nitrogens with zero attached hydrogens (tertiary/aromatic N) is 5. The number of rotatable bonds is 5. The predicted molar refractivity (Wildman–Crippen MR) is 177 cm³/mol. The van der Waals surface area contributed by atoms with Crippen molar-refractivity contribution >= 4 is 0 Å². The molecular formula is C37H37N6OOs. The zero-order valence-electron chi connectivity index (χ0n) is 26.2. The quantitative estimate of drug-likeness (QED) is 0.181. The number of benzene rings is 1. The first-order valence-corrected chi connectivity index (χ1v) is 14.3. The summed E-state index contributed by atoms with van der Waals surface area (Å²) in [6.07, 6.45) is 8.98. The summed E-state index contributed by atoms with van der Waals surface area (Å²) < 4.78 is 5.15. The summed E-state index contributed by atoms with van der Waals surface area (Å²) in [7, 11) is 1.64. The van der Waals surface area contributed by atoms with E-state index in [9.17, 15) is 0 Å². The summed E-state index contributed by atoms with van der Waals surface area (Å²) in [6.45, 7) is 8.75. The van der Waals surface area contributed by atoms with Gasteiger partial charge in [-0.2, -0.15) is 0 Å². The first kappa shape index (κ1) is 34.9. The van der Waals surface area contributed by atoms with Crippen molar-refractivity contribution in [3.8, 4) is 39.8 Å². The molecule has 6 aromatic rings. The van der Waals surface area contributed by atoms with Crippen LogP contribution in [0.1, 0.15) is 27.8 Å². The topological polar surface area (TPSA) is 99.7 Å². The maximum absolute atomic E-state index is 5.59. The monoisotopic (exact) mass is 773 g/mol. The van der Waals surface area contributed by atoms with E-state index in [1.165, 1.54) is 22.3 Å². The van der Waals surface area contributed by atoms with Gasteiger partial charge >= 0.3 is 19.8 Å². The van der Waals surface area contributed by atoms with Crippen LogP contribution in [0.5, 0.6) is 5.75 Å². The molecule has 0 fully saturated rings. The minimum atomic E-state index is 0. The molecule has 229 valence electrons. The Morgan fingerprint density at radius 1 is 0.556 bits per heavy atom. The van der Waals surface area contributed by atoms with Crippen molar-refractivity contribution in [2.75, 3.05) is 7.11 Å². The third-order valence-electron chi connectivity index (χ3n) is 6.53. The van der Waals surface area contributed by atoms with Crippen molar-refractivity contribution in [3.05, 3.63) is 144 Å². The number of ether oxygens (including phenoxy) is 1. The third kappa shape index (κ3) is 10.8. The van der Waals surface area contributed by atoms with Crippen LogP contribution < -0.4 is 10.5 Å². The molecular weight excluding hydrogens is 735 g/mol. The van der Waals surface area contributed by atoms with Gasteiger partial charge in [0.05, 0.1) is 29.9 Å². The van der Waals surface area contributed by atoms with Gasteiger partial charge in [0, 0.05) is 37.5 Å². The van der Waals surface area contributed by atoms with Gasteiger partial charge in [0.1, 0.15) is 5.75 Å². The number of pyridine rings is 5. The van der Waals surface area contributed by atoms with Crippen LogP contribution >= 0.6 is 0 Å². The van der Waals surface area contributed by atoms with Crippen LogP contribution in [0, 0.1) is 33.8 Å². The van der Waals surface area contributed by atoms with E-state index in [1.807, 2.05) is 104 Å². The molecule has 45 heavy (non-hydrogen) atoms. The molecule has 5 heterocycles. The smallest absolute Gasteiger partial charge is 0.497 e. The molecule has 0 atom stereocenters. The maximum atomic E-state index is 5.59. The Bertz CT molecular complexity index is 1590. The molecule has 6 rings (SSSR count). The number of hydrogen-bond acceptors (Lipinski definition) is 7. The summed E-state index contributed by atoms with van der Waals surface area (Å²) in [5, 5.41) is 0. The molecule has 5 aromatic heterocycles. The van der Waals surface area contributed by atoms with Crippen LogP contribution in [0.2, 0.25) is 0 Å². The minimum Gasteiger partial charge on any atom is -0.497 e. The van der Waals surface area contributed by atoms with E-state index < -0.39 is 0 Å². The van der Waals surface area contributed by atoms with Crippen LogP contribution in [-0.2, 0) is 26.3 Å². The zero-order chi connectivity index (χ0) is 31.3. The van der Waals surface area contributed by atoms with Gasteiger partial charge in [0.15, 0.2) is 0 Å². The Balaban J connectivity index is 0.000000183. The molecule has 0 spiro atoms. The van der Waals surface area contributed by atoms with E-state index >= 15 is 0 Å². The van der Waals surface area contributed by atoms with E-state index in [-0.39, 0.29) is 19.8 Å². The second-order valence-electron chi connectivity index (χ2n) is 10.3. The summed E-state index contributed by atoms with van der Waals surface area (Å²) in [5.41, 5.74) is 17.0. The minimum absolute atomic E-state index is 0. The molecule has 0 saturated heterocycles. The van der Waals surface area contributed by atoms with Gasteiger partial charge in [0.25, 0.3) is 0 Å². The SMILES string of the molecule is COc1ccnc(-c2[c-]ccc(CN)c2)c1.Cc1ccnc(-c2cc(C)ccn2)c1.Cc1ccnc(-c2cc(C)ccn2)c1.[Os+]. The summed E-state index contributed by atoms with van der Waals surface area (Å²) in [4.78, 5) is 21.4. The average molecular weight is 772 g/mol. The fourth-order valence-corrected chi connectivity index (χ4v) is 4.18. The molecule has 0 saturated carbocycles. The van der Waals surface area contributed by atoms with Crippen LogP contribution in [0.25, 0.3) is 34.0 Å². The third-order valence-corrected chi connectivity index (χ3v) is 6.53. The van der Waals surface area contributed by atoms with Crippen molar-refractivity contribution in [2.24, 2.45) is 5.73 Å². The Labute approximate surface area is 279 Å². The van der Waals surface area contributed by atoms with Gasteiger partial charge in [-0.15, -0.1) is 35.4 Å². The number of aromatic nitrogens is 5. The Hall–Kier alpha value is -4.63. The van der Waals surface area contributed by atoms with Crippen LogP contribution in [-0.4, -0.2) is 32.0 Å². The van der Waals surface area contributed by atoms with Crippen molar-refractivity contribution in [1.82, 2.24) is 24.9 Å². The molecule has 0 aliphatic heterocycles. The normalized spacial score (nSPS) is 9.91. The number of aryl methyl sites for hydroxylation is 4. The van der Waals surface area contributed by atoms with Gasteiger partial charge in [-0.05, 0) is 116 Å². The average Bonchev–Trinajstić information content (AvgIpc) is 3.05. The molecule has 0 amide bonds. The van der Waals surface area contributed by atoms with E-state index in [1.54, 1.807) is 13.3 Å². The van der Waals surface area contributed by atoms with E-state index in [4.69, 9.17) is 10.5 Å². The van der Waals surface area contributed by atoms with Crippen LogP contribution in [0.15, 0.2) is 110 Å². The Morgan fingerprint density at radius 2 is 0.956 bits per heavy atom. The molecule has 2 N–H and O–H groups in total. The van der Waals surface area contributed by atoms with Gasteiger partial charge in [-0.1, -0.05) is 0 Å². The number of nitrogens with two attached hydrogens (primary N) is 1. The molecule has 1 aromatic carbocycles. The van der Waals surface area contributed by atoms with E-state index in [2.05, 4.69) is 58.7 Å². The number of methoxy groups -OCH3 is 1. The van der Waals surface area contributed by atoms with Crippen molar-refractivity contribution in [3.63, 3.8) is 0 Å². The van der Waals surface area contributed by atoms with Gasteiger partial charge < -0.3 is 15.5 Å². The second-order valence-corrected chi connectivity index (χ2v) is 10.3. The zero-order valence-corrected chi connectivity index (χ0v) is 28.7. The molecule has 8 heteroatoms. The Morgan fingerprint density at radius 3 is 1.33 bits per heavy atom. The summed E-state index contributed by atoms with van der Waals surface area (Å²) >= 11 is 0. The van der Waals surface area contributed by atoms with Crippen molar-refractivity contribution < 1.29 is 24.5 Å². The largest absolute Gasteiger partial charge is 1.00 e. The fourth-order valence-electron chi connectivity index (χ4n) is 4.18. The fraction of sp³-hybridized carbons (Fsp3) is 0.162. The summed E-state index contributed by atoms with van der Waals surface area (Å²) in [6, 6.07) is 28.7. The molecule has 0 aliphatic carbocycles. The van der Waals surface area contributed by atoms with Gasteiger partial charge in [-0.3, -0.25) is 19.9 Å². The molecule has 0 unspecified atom stereocenters. The van der Waals surface area contributed by atoms with E-state index in [0.717, 1.165) is 45.3 Å². The number of hydrogen-bond donors (Lipinski definition) is 1. The molecule has 0 aliphatic rings. The summed E-state index contributed by atoms with van der Waals surface area (Å²) in [5.74, 6) is 0.788. The van der Waals surface area contributed by atoms with Crippen molar-refractivity contribution in [1.29, 1.82) is 0 Å². The first-order chi connectivity index (χ1) is 21.3. The first-order valence-electron chi connectivity index (χ1n) is 14.3. The molecule has 7 nitrogen and oxygen atoms in total. The molecule has 0 bridgehead atoms. The van der Waals surface area contributed by atoms with Crippen LogP contribution in [0.3, 0.4) is 0 Å². The second kappa shape index (κ2) is 17.6. The standard InChI is InChI=1S/C13H13N2O.2C12H12N2.Os/c1-16-12-5-6-15-13(8-12)11-4-2-3-10(7-11)9-14;2*1-9-3-5-13-11(7-9)12-8-10(2)4-6-14-12;/h2-3,5-8H,9,14H2,1H3;2*3-8H,1-2H3;/q-1;;;+1. The van der Waals surface area contributed by atoms with Crippen LogP contribution in [0.4, 0.5) is 0 Å². The predicted octanol–water partition coefficient (Wildman–Crippen LogP) is 7.53. The van der Waals surface area contributed by atoms with E-state index in [0.29, 0.717) is 6.54 Å². The van der Waals surface area contributed by atoms with Crippen molar-refractivity contribution in [2.45, 2.75) is 34.2 Å². The molecule has 1 radical (unpaired) electrons. The Kier molecular flexibility index (Phi) is 13.6. The maximum Gasteiger partial charge on any atom is 1.00 e. The van der Waals surface area contributed by atoms with Gasteiger partial charge in [-0.25, -0.2) is 0 Å². The van der Waals surface area contributed by atoms with Gasteiger partial charge in [0.2, 0.25) is 0 Å².